The van der Waals surface area contributed by atoms with Crippen molar-refractivity contribution in [2.24, 2.45) is 10.7 Å². The lowest BCUT2D eigenvalue weighted by molar-refractivity contribution is -0.141. The summed E-state index contributed by atoms with van der Waals surface area (Å²) < 4.78 is 0. The van der Waals surface area contributed by atoms with E-state index in [-0.39, 0.29) is 12.0 Å². The highest BCUT2D eigenvalue weighted by Crippen LogP contribution is 2.16. The van der Waals surface area contributed by atoms with Crippen LogP contribution in [0.1, 0.15) is 25.3 Å². The van der Waals surface area contributed by atoms with Gasteiger partial charge in [0.2, 0.25) is 0 Å². The predicted octanol–water partition coefficient (Wildman–Crippen LogP) is 2.14. The summed E-state index contributed by atoms with van der Waals surface area (Å²) in [6.07, 6.45) is 5.52. The fraction of sp³-hybridized carbons (Fsp3) is 0.333. The Morgan fingerprint density at radius 1 is 1.37 bits per heavy atom. The molecule has 0 aliphatic carbocycles. The molecule has 0 fully saturated rings. The number of halogens is 1. The van der Waals surface area contributed by atoms with Crippen molar-refractivity contribution in [2.45, 2.75) is 32.4 Å². The van der Waals surface area contributed by atoms with E-state index in [1.54, 1.807) is 19.2 Å². The Bertz CT molecular complexity index is 832. The SMILES string of the molecule is CC(N)=NCCCC(NC(=O)/C(C=O)=C/C=C\N(C)Cc1ccccc1Cl)C(=O)O. The predicted molar refractivity (Wildman–Crippen MR) is 117 cm³/mol. The normalized spacial score (nSPS) is 13.2. The van der Waals surface area contributed by atoms with Crippen LogP contribution in [0.25, 0.3) is 0 Å². The van der Waals surface area contributed by atoms with Gasteiger partial charge in [-0.3, -0.25) is 14.6 Å². The van der Waals surface area contributed by atoms with E-state index >= 15 is 0 Å². The highest BCUT2D eigenvalue weighted by molar-refractivity contribution is 6.31. The highest BCUT2D eigenvalue weighted by atomic mass is 35.5. The van der Waals surface area contributed by atoms with Gasteiger partial charge in [-0.05, 0) is 49.7 Å². The number of nitrogens with one attached hydrogen (secondary N) is 1. The summed E-state index contributed by atoms with van der Waals surface area (Å²) in [5.74, 6) is -1.53. The van der Waals surface area contributed by atoms with Crippen molar-refractivity contribution < 1.29 is 19.5 Å². The number of nitrogens with zero attached hydrogens (tertiary/aromatic N) is 2. The first-order valence-electron chi connectivity index (χ1n) is 9.32. The van der Waals surface area contributed by atoms with Crippen LogP contribution in [-0.4, -0.2) is 53.6 Å². The molecule has 1 aromatic rings. The Hall–Kier alpha value is -3.13. The Morgan fingerprint density at radius 2 is 2.07 bits per heavy atom. The van der Waals surface area contributed by atoms with E-state index in [1.165, 1.54) is 12.2 Å². The molecule has 1 rings (SSSR count). The highest BCUT2D eigenvalue weighted by Gasteiger charge is 2.21. The Balaban J connectivity index is 2.68. The number of aliphatic imine (C=N–C) groups is 1. The van der Waals surface area contributed by atoms with Crippen LogP contribution in [-0.2, 0) is 20.9 Å². The zero-order chi connectivity index (χ0) is 22.5. The van der Waals surface area contributed by atoms with Gasteiger partial charge in [0.15, 0.2) is 6.29 Å². The molecule has 1 unspecified atom stereocenters. The van der Waals surface area contributed by atoms with Crippen molar-refractivity contribution in [2.75, 3.05) is 13.6 Å². The van der Waals surface area contributed by atoms with E-state index in [4.69, 9.17) is 17.3 Å². The van der Waals surface area contributed by atoms with Crippen LogP contribution in [0, 0.1) is 0 Å². The molecule has 0 saturated carbocycles. The number of carboxylic acid groups (broad SMARTS) is 1. The van der Waals surface area contributed by atoms with Crippen molar-refractivity contribution in [3.05, 3.63) is 58.8 Å². The van der Waals surface area contributed by atoms with E-state index in [9.17, 15) is 19.5 Å². The minimum atomic E-state index is -1.18. The van der Waals surface area contributed by atoms with Crippen molar-refractivity contribution in [1.29, 1.82) is 0 Å². The summed E-state index contributed by atoms with van der Waals surface area (Å²) in [7, 11) is 1.82. The van der Waals surface area contributed by atoms with Crippen LogP contribution in [0.4, 0.5) is 0 Å². The second-order valence-corrected chi connectivity index (χ2v) is 7.02. The molecule has 1 amide bonds. The van der Waals surface area contributed by atoms with Crippen molar-refractivity contribution in [3.63, 3.8) is 0 Å². The fourth-order valence-corrected chi connectivity index (χ4v) is 2.66. The molecule has 0 bridgehead atoms. The molecule has 0 heterocycles. The molecule has 4 N–H and O–H groups in total. The first-order valence-corrected chi connectivity index (χ1v) is 9.70. The number of carbonyl (C=O) groups excluding carboxylic acids is 2. The van der Waals surface area contributed by atoms with Gasteiger partial charge in [-0.2, -0.15) is 0 Å². The van der Waals surface area contributed by atoms with Crippen LogP contribution in [0.15, 0.2) is 53.2 Å². The van der Waals surface area contributed by atoms with Gasteiger partial charge in [-0.15, -0.1) is 0 Å². The maximum Gasteiger partial charge on any atom is 0.326 e. The molecule has 30 heavy (non-hydrogen) atoms. The van der Waals surface area contributed by atoms with E-state index < -0.39 is 17.9 Å². The van der Waals surface area contributed by atoms with Crippen LogP contribution >= 0.6 is 11.6 Å². The third kappa shape index (κ3) is 9.38. The molecule has 0 saturated heterocycles. The molecule has 0 aliphatic rings. The number of carboxylic acids is 1. The third-order valence-corrected chi connectivity index (χ3v) is 4.37. The minimum Gasteiger partial charge on any atom is -0.480 e. The number of amidine groups is 1. The molecule has 1 atom stereocenters. The average Bonchev–Trinajstić information content (AvgIpc) is 2.68. The average molecular weight is 435 g/mol. The second-order valence-electron chi connectivity index (χ2n) is 6.62. The van der Waals surface area contributed by atoms with Gasteiger partial charge in [-0.25, -0.2) is 4.79 Å². The summed E-state index contributed by atoms with van der Waals surface area (Å²) in [6.45, 7) is 2.54. The monoisotopic (exact) mass is 434 g/mol. The number of hydrogen-bond acceptors (Lipinski definition) is 5. The van der Waals surface area contributed by atoms with E-state index in [0.29, 0.717) is 36.7 Å². The first-order chi connectivity index (χ1) is 14.2. The lowest BCUT2D eigenvalue weighted by Gasteiger charge is -2.15. The summed E-state index contributed by atoms with van der Waals surface area (Å²) >= 11 is 6.13. The largest absolute Gasteiger partial charge is 0.480 e. The van der Waals surface area contributed by atoms with Gasteiger partial charge in [0.05, 0.1) is 11.4 Å². The molecule has 0 spiro atoms. The molecular formula is C21H27ClN4O4. The zero-order valence-electron chi connectivity index (χ0n) is 17.0. The van der Waals surface area contributed by atoms with Gasteiger partial charge in [0.1, 0.15) is 6.04 Å². The summed E-state index contributed by atoms with van der Waals surface area (Å²) in [5.41, 5.74) is 6.18. The smallest absolute Gasteiger partial charge is 0.326 e. The summed E-state index contributed by atoms with van der Waals surface area (Å²) in [4.78, 5) is 40.7. The third-order valence-electron chi connectivity index (χ3n) is 4.00. The molecule has 0 radical (unpaired) electrons. The van der Waals surface area contributed by atoms with E-state index in [2.05, 4.69) is 10.3 Å². The van der Waals surface area contributed by atoms with Crippen molar-refractivity contribution >= 4 is 35.6 Å². The van der Waals surface area contributed by atoms with Crippen LogP contribution in [0.2, 0.25) is 5.02 Å². The molecule has 1 aromatic carbocycles. The molecule has 9 heteroatoms. The molecule has 0 aromatic heterocycles. The molecule has 162 valence electrons. The molecule has 0 aliphatic heterocycles. The van der Waals surface area contributed by atoms with Gasteiger partial charge in [-0.1, -0.05) is 29.8 Å². The number of aliphatic carboxylic acids is 1. The maximum absolute atomic E-state index is 12.3. The quantitative estimate of drug-likeness (QED) is 0.0676. The molecule has 8 nitrogen and oxygen atoms in total. The number of allylic oxidation sites excluding steroid dienone is 2. The number of nitrogens with two attached hydrogens (primary N) is 1. The Kier molecular flexibility index (Phi) is 10.9. The number of hydrogen-bond donors (Lipinski definition) is 3. The number of carbonyl (C=O) groups is 3. The lowest BCUT2D eigenvalue weighted by atomic mass is 10.1. The summed E-state index contributed by atoms with van der Waals surface area (Å²) in [5, 5.41) is 12.3. The van der Waals surface area contributed by atoms with E-state index in [1.807, 2.05) is 30.1 Å². The number of aldehydes is 1. The molecular weight excluding hydrogens is 408 g/mol. The van der Waals surface area contributed by atoms with Crippen LogP contribution in [0.3, 0.4) is 0 Å². The van der Waals surface area contributed by atoms with Crippen LogP contribution < -0.4 is 11.1 Å². The first kappa shape index (κ1) is 24.9. The van der Waals surface area contributed by atoms with Gasteiger partial charge in [0.25, 0.3) is 5.91 Å². The van der Waals surface area contributed by atoms with Gasteiger partial charge < -0.3 is 21.1 Å². The topological polar surface area (TPSA) is 125 Å². The van der Waals surface area contributed by atoms with Gasteiger partial charge >= 0.3 is 5.97 Å². The Labute approximate surface area is 181 Å². The van der Waals surface area contributed by atoms with Crippen LogP contribution in [0.5, 0.6) is 0 Å². The maximum atomic E-state index is 12.3. The number of rotatable bonds is 12. The van der Waals surface area contributed by atoms with E-state index in [0.717, 1.165) is 5.56 Å². The van der Waals surface area contributed by atoms with Crippen molar-refractivity contribution in [1.82, 2.24) is 10.2 Å². The summed E-state index contributed by atoms with van der Waals surface area (Å²) in [6, 6.07) is 6.30. The second kappa shape index (κ2) is 13.2. The number of benzene rings is 1. The van der Waals surface area contributed by atoms with Crippen molar-refractivity contribution in [3.8, 4) is 0 Å². The number of amides is 1. The minimum absolute atomic E-state index is 0.167. The zero-order valence-corrected chi connectivity index (χ0v) is 17.8. The standard InChI is InChI=1S/C21H27ClN4O4/c1-15(23)24-11-5-10-19(21(29)30)25-20(28)17(14-27)8-6-12-26(2)13-16-7-3-4-9-18(16)22/h3-4,6-9,12,14,19H,5,10-11,13H2,1-2H3,(H2,23,24)(H,25,28)(H,29,30)/b12-6-,17-8+. The fourth-order valence-electron chi connectivity index (χ4n) is 2.46. The lowest BCUT2D eigenvalue weighted by Crippen LogP contribution is -2.41. The van der Waals surface area contributed by atoms with Gasteiger partial charge in [0, 0.05) is 25.2 Å². The Morgan fingerprint density at radius 3 is 2.67 bits per heavy atom.